The second kappa shape index (κ2) is 6.19. The minimum Gasteiger partial charge on any atom is -0.479 e. The number of rotatable bonds is 4. The average Bonchev–Trinajstić information content (AvgIpc) is 2.86. The number of carbonyl (C=O) groups is 2. The Bertz CT molecular complexity index is 449. The monoisotopic (exact) mass is 264 g/mol. The maximum absolute atomic E-state index is 11.6. The lowest BCUT2D eigenvalue weighted by Gasteiger charge is -2.13. The van der Waals surface area contributed by atoms with Crippen LogP contribution >= 0.6 is 0 Å². The Balaban J connectivity index is 1.71. The van der Waals surface area contributed by atoms with Gasteiger partial charge in [0.15, 0.2) is 6.10 Å². The third kappa shape index (κ3) is 3.96. The van der Waals surface area contributed by atoms with Crippen LogP contribution in [0.25, 0.3) is 0 Å². The van der Waals surface area contributed by atoms with Crippen molar-refractivity contribution in [2.45, 2.75) is 25.0 Å². The van der Waals surface area contributed by atoms with E-state index in [0.29, 0.717) is 25.1 Å². The summed E-state index contributed by atoms with van der Waals surface area (Å²) in [4.78, 5) is 22.3. The predicted octanol–water partition coefficient (Wildman–Crippen LogP) is 1.44. The molecule has 6 nitrogen and oxygen atoms in total. The van der Waals surface area contributed by atoms with E-state index in [2.05, 4.69) is 10.6 Å². The van der Waals surface area contributed by atoms with Crippen molar-refractivity contribution < 1.29 is 19.4 Å². The molecule has 1 aromatic rings. The fourth-order valence-corrected chi connectivity index (χ4v) is 1.94. The Morgan fingerprint density at radius 3 is 2.63 bits per heavy atom. The highest BCUT2D eigenvalue weighted by Crippen LogP contribution is 2.19. The molecule has 6 heteroatoms. The summed E-state index contributed by atoms with van der Waals surface area (Å²) in [7, 11) is 0. The molecule has 2 atom stereocenters. The van der Waals surface area contributed by atoms with E-state index in [-0.39, 0.29) is 12.1 Å². The molecule has 1 fully saturated rings. The number of ether oxygens (including phenoxy) is 1. The zero-order valence-corrected chi connectivity index (χ0v) is 10.3. The van der Waals surface area contributed by atoms with Gasteiger partial charge in [-0.2, -0.15) is 0 Å². The van der Waals surface area contributed by atoms with Gasteiger partial charge in [-0.05, 0) is 25.0 Å². The van der Waals surface area contributed by atoms with Crippen LogP contribution in [-0.4, -0.2) is 35.9 Å². The number of hydrogen-bond donors (Lipinski definition) is 3. The van der Waals surface area contributed by atoms with E-state index in [0.717, 1.165) is 0 Å². The number of para-hydroxylation sites is 1. The molecule has 19 heavy (non-hydrogen) atoms. The molecule has 102 valence electrons. The van der Waals surface area contributed by atoms with E-state index < -0.39 is 12.1 Å². The van der Waals surface area contributed by atoms with Crippen LogP contribution in [-0.2, 0) is 9.53 Å². The Kier molecular flexibility index (Phi) is 4.35. The summed E-state index contributed by atoms with van der Waals surface area (Å²) < 4.78 is 5.28. The first-order chi connectivity index (χ1) is 9.15. The fraction of sp³-hybridized carbons (Fsp3) is 0.385. The topological polar surface area (TPSA) is 87.7 Å². The molecular formula is C13H16N2O4. The zero-order chi connectivity index (χ0) is 13.7. The number of carbonyl (C=O) groups excluding carboxylic acids is 1. The van der Waals surface area contributed by atoms with Crippen LogP contribution in [0.2, 0.25) is 0 Å². The van der Waals surface area contributed by atoms with Gasteiger partial charge in [0, 0.05) is 12.2 Å². The number of aliphatic carboxylic acids is 1. The molecule has 1 aliphatic rings. The first-order valence-electron chi connectivity index (χ1n) is 6.13. The largest absolute Gasteiger partial charge is 0.479 e. The molecule has 2 unspecified atom stereocenters. The van der Waals surface area contributed by atoms with Crippen molar-refractivity contribution in [3.8, 4) is 0 Å². The molecule has 1 aromatic carbocycles. The number of benzene rings is 1. The van der Waals surface area contributed by atoms with Gasteiger partial charge in [-0.15, -0.1) is 0 Å². The van der Waals surface area contributed by atoms with Crippen molar-refractivity contribution in [2.75, 3.05) is 11.9 Å². The minimum absolute atomic E-state index is 0.234. The second-order valence-electron chi connectivity index (χ2n) is 4.36. The Morgan fingerprint density at radius 1 is 1.26 bits per heavy atom. The van der Waals surface area contributed by atoms with Crippen LogP contribution in [0.3, 0.4) is 0 Å². The van der Waals surface area contributed by atoms with Gasteiger partial charge in [0.05, 0.1) is 6.10 Å². The van der Waals surface area contributed by atoms with Gasteiger partial charge in [0.25, 0.3) is 0 Å². The van der Waals surface area contributed by atoms with Gasteiger partial charge in [-0.25, -0.2) is 9.59 Å². The average molecular weight is 264 g/mol. The van der Waals surface area contributed by atoms with Gasteiger partial charge in [0.1, 0.15) is 0 Å². The quantitative estimate of drug-likeness (QED) is 0.768. The SMILES string of the molecule is O=C(NCC1CCC(C(=O)O)O1)Nc1ccccc1. The van der Waals surface area contributed by atoms with E-state index in [1.54, 1.807) is 12.1 Å². The highest BCUT2D eigenvalue weighted by molar-refractivity contribution is 5.89. The summed E-state index contributed by atoms with van der Waals surface area (Å²) in [6, 6.07) is 8.76. The van der Waals surface area contributed by atoms with Crippen LogP contribution in [0.5, 0.6) is 0 Å². The fourth-order valence-electron chi connectivity index (χ4n) is 1.94. The number of urea groups is 1. The number of carboxylic acid groups (broad SMARTS) is 1. The van der Waals surface area contributed by atoms with Crippen LogP contribution in [0.15, 0.2) is 30.3 Å². The highest BCUT2D eigenvalue weighted by atomic mass is 16.5. The highest BCUT2D eigenvalue weighted by Gasteiger charge is 2.30. The summed E-state index contributed by atoms with van der Waals surface area (Å²) in [6.07, 6.45) is 0.150. The summed E-state index contributed by atoms with van der Waals surface area (Å²) >= 11 is 0. The van der Waals surface area contributed by atoms with Crippen LogP contribution in [0.4, 0.5) is 10.5 Å². The van der Waals surface area contributed by atoms with Crippen LogP contribution in [0, 0.1) is 0 Å². The number of anilines is 1. The standard InChI is InChI=1S/C13H16N2O4/c16-12(17)11-7-6-10(19-11)8-14-13(18)15-9-4-2-1-3-5-9/h1-5,10-11H,6-8H2,(H,16,17)(H2,14,15,18). The molecule has 1 heterocycles. The van der Waals surface area contributed by atoms with E-state index in [4.69, 9.17) is 9.84 Å². The lowest BCUT2D eigenvalue weighted by Crippen LogP contribution is -2.35. The Hall–Kier alpha value is -2.08. The van der Waals surface area contributed by atoms with Crippen molar-refractivity contribution in [3.63, 3.8) is 0 Å². The molecule has 0 aromatic heterocycles. The van der Waals surface area contributed by atoms with Gasteiger partial charge in [-0.1, -0.05) is 18.2 Å². The number of nitrogens with one attached hydrogen (secondary N) is 2. The maximum Gasteiger partial charge on any atom is 0.332 e. The normalized spacial score (nSPS) is 21.9. The zero-order valence-electron chi connectivity index (χ0n) is 10.3. The maximum atomic E-state index is 11.6. The molecule has 1 saturated heterocycles. The number of amides is 2. The molecule has 0 radical (unpaired) electrons. The lowest BCUT2D eigenvalue weighted by atomic mass is 10.2. The van der Waals surface area contributed by atoms with Crippen molar-refractivity contribution in [3.05, 3.63) is 30.3 Å². The molecule has 1 aliphatic heterocycles. The summed E-state index contributed by atoms with van der Waals surface area (Å²) in [6.45, 7) is 0.308. The summed E-state index contributed by atoms with van der Waals surface area (Å²) in [5, 5.41) is 14.1. The molecule has 0 spiro atoms. The van der Waals surface area contributed by atoms with Gasteiger partial charge in [-0.3, -0.25) is 0 Å². The smallest absolute Gasteiger partial charge is 0.332 e. The minimum atomic E-state index is -0.948. The molecular weight excluding hydrogens is 248 g/mol. The van der Waals surface area contributed by atoms with Gasteiger partial charge in [0.2, 0.25) is 0 Å². The molecule has 0 aliphatic carbocycles. The third-order valence-corrected chi connectivity index (χ3v) is 2.90. The van der Waals surface area contributed by atoms with Crippen LogP contribution in [0.1, 0.15) is 12.8 Å². The molecule has 2 rings (SSSR count). The Morgan fingerprint density at radius 2 is 2.00 bits per heavy atom. The molecule has 2 amide bonds. The molecule has 3 N–H and O–H groups in total. The van der Waals surface area contributed by atoms with Crippen LogP contribution < -0.4 is 10.6 Å². The van der Waals surface area contributed by atoms with Crippen molar-refractivity contribution in [1.82, 2.24) is 5.32 Å². The van der Waals surface area contributed by atoms with E-state index in [9.17, 15) is 9.59 Å². The van der Waals surface area contributed by atoms with Crippen molar-refractivity contribution in [2.24, 2.45) is 0 Å². The summed E-state index contributed by atoms with van der Waals surface area (Å²) in [5.74, 6) is -0.948. The molecule has 0 bridgehead atoms. The van der Waals surface area contributed by atoms with E-state index in [1.807, 2.05) is 18.2 Å². The number of carboxylic acids is 1. The van der Waals surface area contributed by atoms with E-state index in [1.165, 1.54) is 0 Å². The van der Waals surface area contributed by atoms with Crippen molar-refractivity contribution in [1.29, 1.82) is 0 Å². The number of hydrogen-bond acceptors (Lipinski definition) is 3. The van der Waals surface area contributed by atoms with E-state index >= 15 is 0 Å². The first-order valence-corrected chi connectivity index (χ1v) is 6.13. The lowest BCUT2D eigenvalue weighted by molar-refractivity contribution is -0.149. The van der Waals surface area contributed by atoms with Gasteiger partial charge < -0.3 is 20.5 Å². The van der Waals surface area contributed by atoms with Crippen molar-refractivity contribution >= 4 is 17.7 Å². The third-order valence-electron chi connectivity index (χ3n) is 2.90. The van der Waals surface area contributed by atoms with Gasteiger partial charge >= 0.3 is 12.0 Å². The Labute approximate surface area is 110 Å². The molecule has 0 saturated carbocycles. The first kappa shape index (κ1) is 13.4. The second-order valence-corrected chi connectivity index (χ2v) is 4.36. The summed E-state index contributed by atoms with van der Waals surface area (Å²) in [5.41, 5.74) is 0.704. The predicted molar refractivity (Wildman–Crippen MR) is 69.0 cm³/mol.